The molecule has 1 amide bonds. The van der Waals surface area contributed by atoms with E-state index >= 15 is 0 Å². The molecule has 9 heteroatoms. The largest absolute Gasteiger partial charge is 0.496 e. The van der Waals surface area contributed by atoms with Crippen molar-refractivity contribution in [2.24, 2.45) is 5.92 Å². The predicted molar refractivity (Wildman–Crippen MR) is 136 cm³/mol. The maximum Gasteiger partial charge on any atom is 0.287 e. The van der Waals surface area contributed by atoms with Gasteiger partial charge in [-0.1, -0.05) is 26.0 Å². The zero-order chi connectivity index (χ0) is 25.7. The highest BCUT2D eigenvalue weighted by Crippen LogP contribution is 2.24. The summed E-state index contributed by atoms with van der Waals surface area (Å²) in [5, 5.41) is 12.2. The number of carbonyl (C=O) groups excluding carboxylic acids is 1. The molecule has 0 saturated carbocycles. The normalized spacial score (nSPS) is 14.9. The number of fused-ring (bicyclic) bond motifs is 1. The standard InChI is InChI=1S/C27H37N5O4/c1-18(2)14-22(28-27(33)24-9-7-21(36-24)17-34-4)26-30-29-25-10-11-31(12-13-32(25)26)16-20-6-8-23(35-5)19(3)15-20/h6-9,15,18,22H,10-14,16-17H2,1-5H3,(H,28,33)/t22-/m1/s1. The number of hydrogen-bond acceptors (Lipinski definition) is 7. The van der Waals surface area contributed by atoms with Gasteiger partial charge in [-0.2, -0.15) is 0 Å². The summed E-state index contributed by atoms with van der Waals surface area (Å²) in [7, 11) is 3.29. The Hall–Kier alpha value is -3.17. The maximum absolute atomic E-state index is 13.0. The van der Waals surface area contributed by atoms with Crippen LogP contribution in [0.3, 0.4) is 0 Å². The zero-order valence-electron chi connectivity index (χ0n) is 21.9. The van der Waals surface area contributed by atoms with E-state index < -0.39 is 0 Å². The van der Waals surface area contributed by atoms with E-state index in [0.29, 0.717) is 18.3 Å². The minimum atomic E-state index is -0.259. The zero-order valence-corrected chi connectivity index (χ0v) is 21.9. The second-order valence-corrected chi connectivity index (χ2v) is 9.81. The van der Waals surface area contributed by atoms with Crippen LogP contribution in [0.5, 0.6) is 5.75 Å². The average Bonchev–Trinajstić information content (AvgIpc) is 3.43. The van der Waals surface area contributed by atoms with Gasteiger partial charge >= 0.3 is 0 Å². The van der Waals surface area contributed by atoms with Gasteiger partial charge < -0.3 is 23.8 Å². The van der Waals surface area contributed by atoms with Crippen LogP contribution in [0, 0.1) is 12.8 Å². The molecule has 1 atom stereocenters. The van der Waals surface area contributed by atoms with Gasteiger partial charge in [0.1, 0.15) is 23.9 Å². The summed E-state index contributed by atoms with van der Waals surface area (Å²) in [5.41, 5.74) is 2.41. The molecule has 4 rings (SSSR count). The van der Waals surface area contributed by atoms with Crippen molar-refractivity contribution < 1.29 is 18.7 Å². The third-order valence-electron chi connectivity index (χ3n) is 6.51. The second-order valence-electron chi connectivity index (χ2n) is 9.81. The van der Waals surface area contributed by atoms with E-state index in [1.54, 1.807) is 26.4 Å². The van der Waals surface area contributed by atoms with Gasteiger partial charge in [0.2, 0.25) is 0 Å². The van der Waals surface area contributed by atoms with Crippen molar-refractivity contribution in [1.82, 2.24) is 25.0 Å². The summed E-state index contributed by atoms with van der Waals surface area (Å²) >= 11 is 0. The summed E-state index contributed by atoms with van der Waals surface area (Å²) < 4.78 is 18.3. The second kappa shape index (κ2) is 11.7. The Morgan fingerprint density at radius 1 is 1.14 bits per heavy atom. The van der Waals surface area contributed by atoms with Gasteiger partial charge in [0.05, 0.1) is 13.2 Å². The molecule has 9 nitrogen and oxygen atoms in total. The van der Waals surface area contributed by atoms with Crippen molar-refractivity contribution in [2.45, 2.75) is 59.4 Å². The number of furan rings is 1. The van der Waals surface area contributed by atoms with E-state index in [2.05, 4.69) is 57.9 Å². The number of rotatable bonds is 10. The van der Waals surface area contributed by atoms with Gasteiger partial charge in [0, 0.05) is 39.7 Å². The van der Waals surface area contributed by atoms with Crippen LogP contribution in [0.15, 0.2) is 34.7 Å². The summed E-state index contributed by atoms with van der Waals surface area (Å²) in [4.78, 5) is 15.4. The van der Waals surface area contributed by atoms with Crippen molar-refractivity contribution in [3.63, 3.8) is 0 Å². The lowest BCUT2D eigenvalue weighted by Crippen LogP contribution is -2.32. The van der Waals surface area contributed by atoms with Gasteiger partial charge in [0.25, 0.3) is 5.91 Å². The monoisotopic (exact) mass is 495 g/mol. The van der Waals surface area contributed by atoms with Gasteiger partial charge in [-0.15, -0.1) is 10.2 Å². The Labute approximate surface area is 212 Å². The fourth-order valence-corrected chi connectivity index (χ4v) is 4.75. The van der Waals surface area contributed by atoms with Crippen LogP contribution in [-0.4, -0.2) is 52.9 Å². The first kappa shape index (κ1) is 25.9. The van der Waals surface area contributed by atoms with E-state index in [4.69, 9.17) is 13.9 Å². The van der Waals surface area contributed by atoms with Crippen LogP contribution in [0.1, 0.15) is 65.4 Å². The molecule has 0 aliphatic carbocycles. The highest BCUT2D eigenvalue weighted by molar-refractivity contribution is 5.91. The first-order valence-electron chi connectivity index (χ1n) is 12.5. The van der Waals surface area contributed by atoms with E-state index in [1.807, 2.05) is 6.07 Å². The summed E-state index contributed by atoms with van der Waals surface area (Å²) in [5.74, 6) is 3.67. The molecule has 1 aliphatic heterocycles. The lowest BCUT2D eigenvalue weighted by atomic mass is 10.0. The summed E-state index contributed by atoms with van der Waals surface area (Å²) in [6, 6.07) is 9.54. The maximum atomic E-state index is 13.0. The molecule has 194 valence electrons. The minimum absolute atomic E-state index is 0.259. The predicted octanol–water partition coefficient (Wildman–Crippen LogP) is 3.91. The molecule has 2 aromatic heterocycles. The lowest BCUT2D eigenvalue weighted by Gasteiger charge is -2.22. The van der Waals surface area contributed by atoms with Crippen molar-refractivity contribution in [1.29, 1.82) is 0 Å². The van der Waals surface area contributed by atoms with Crippen LogP contribution >= 0.6 is 0 Å². The molecule has 1 aliphatic rings. The number of nitrogens with one attached hydrogen (secondary N) is 1. The van der Waals surface area contributed by atoms with Crippen molar-refractivity contribution in [3.8, 4) is 5.75 Å². The van der Waals surface area contributed by atoms with Crippen molar-refractivity contribution in [3.05, 3.63) is 64.6 Å². The Kier molecular flexibility index (Phi) is 8.43. The van der Waals surface area contributed by atoms with Gasteiger partial charge in [-0.3, -0.25) is 9.69 Å². The topological polar surface area (TPSA) is 94.6 Å². The third-order valence-corrected chi connectivity index (χ3v) is 6.51. The Morgan fingerprint density at radius 2 is 1.97 bits per heavy atom. The number of hydrogen-bond donors (Lipinski definition) is 1. The minimum Gasteiger partial charge on any atom is -0.496 e. The van der Waals surface area contributed by atoms with Crippen molar-refractivity contribution >= 4 is 5.91 Å². The fourth-order valence-electron chi connectivity index (χ4n) is 4.75. The van der Waals surface area contributed by atoms with Gasteiger partial charge in [-0.05, 0) is 48.6 Å². The van der Waals surface area contributed by atoms with E-state index in [0.717, 1.165) is 62.0 Å². The molecule has 36 heavy (non-hydrogen) atoms. The Morgan fingerprint density at radius 3 is 2.69 bits per heavy atom. The highest BCUT2D eigenvalue weighted by atomic mass is 16.5. The van der Waals surface area contributed by atoms with Crippen molar-refractivity contribution in [2.75, 3.05) is 27.3 Å². The van der Waals surface area contributed by atoms with E-state index in [-0.39, 0.29) is 17.7 Å². The molecule has 3 heterocycles. The first-order chi connectivity index (χ1) is 17.4. The molecule has 0 bridgehead atoms. The molecule has 0 saturated heterocycles. The van der Waals surface area contributed by atoms with Crippen LogP contribution < -0.4 is 10.1 Å². The number of ether oxygens (including phenoxy) is 2. The van der Waals surface area contributed by atoms with Crippen LogP contribution in [0.4, 0.5) is 0 Å². The van der Waals surface area contributed by atoms with Crippen LogP contribution in [0.25, 0.3) is 0 Å². The molecule has 0 unspecified atom stereocenters. The summed E-state index contributed by atoms with van der Waals surface area (Å²) in [6.45, 7) is 10.1. The van der Waals surface area contributed by atoms with E-state index in [9.17, 15) is 4.79 Å². The first-order valence-corrected chi connectivity index (χ1v) is 12.5. The van der Waals surface area contributed by atoms with Gasteiger partial charge in [-0.25, -0.2) is 0 Å². The molecule has 1 aromatic carbocycles. The number of aromatic nitrogens is 3. The summed E-state index contributed by atoms with van der Waals surface area (Å²) in [6.07, 6.45) is 1.56. The third kappa shape index (κ3) is 6.14. The molecule has 3 aromatic rings. The smallest absolute Gasteiger partial charge is 0.287 e. The Bertz CT molecular complexity index is 1170. The molecular weight excluding hydrogens is 458 g/mol. The van der Waals surface area contributed by atoms with Crippen LogP contribution in [0.2, 0.25) is 0 Å². The molecular formula is C27H37N5O4. The number of amides is 1. The SMILES string of the molecule is COCc1ccc(C(=O)N[C@H](CC(C)C)c2nnc3n2CCN(Cc2ccc(OC)c(C)c2)CC3)o1. The van der Waals surface area contributed by atoms with E-state index in [1.165, 1.54) is 5.56 Å². The lowest BCUT2D eigenvalue weighted by molar-refractivity contribution is 0.0892. The quantitative estimate of drug-likeness (QED) is 0.456. The molecule has 1 N–H and O–H groups in total. The average molecular weight is 496 g/mol. The van der Waals surface area contributed by atoms with Crippen LogP contribution in [-0.2, 0) is 30.9 Å². The molecule has 0 fully saturated rings. The number of benzene rings is 1. The fraction of sp³-hybridized carbons (Fsp3) is 0.519. The highest BCUT2D eigenvalue weighted by Gasteiger charge is 2.27. The molecule has 0 spiro atoms. The molecule has 0 radical (unpaired) electrons. The number of nitrogens with zero attached hydrogens (tertiary/aromatic N) is 4. The Balaban J connectivity index is 1.47. The number of methoxy groups -OCH3 is 2. The number of carbonyl (C=O) groups is 1. The van der Waals surface area contributed by atoms with Gasteiger partial charge in [0.15, 0.2) is 11.6 Å². The number of aryl methyl sites for hydroxylation is 1.